The van der Waals surface area contributed by atoms with Crippen LogP contribution in [0.25, 0.3) is 0 Å². The van der Waals surface area contributed by atoms with Crippen molar-refractivity contribution in [3.05, 3.63) is 55.9 Å². The van der Waals surface area contributed by atoms with E-state index >= 15 is 0 Å². The van der Waals surface area contributed by atoms with Crippen molar-refractivity contribution in [1.82, 2.24) is 10.6 Å². The van der Waals surface area contributed by atoms with Crippen LogP contribution in [-0.4, -0.2) is 18.4 Å². The van der Waals surface area contributed by atoms with Crippen LogP contribution in [0.3, 0.4) is 0 Å². The van der Waals surface area contributed by atoms with E-state index in [0.29, 0.717) is 10.4 Å². The number of nitrogens with one attached hydrogen (secondary N) is 2. The third-order valence-corrected chi connectivity index (χ3v) is 4.35. The smallest absolute Gasteiger partial charge is 0.261 e. The minimum Gasteiger partial charge on any atom is -0.350 e. The Morgan fingerprint density at radius 2 is 2.00 bits per heavy atom. The largest absolute Gasteiger partial charge is 0.350 e. The van der Waals surface area contributed by atoms with Crippen molar-refractivity contribution in [2.75, 3.05) is 6.54 Å². The molecule has 0 unspecified atom stereocenters. The van der Waals surface area contributed by atoms with Gasteiger partial charge in [0.05, 0.1) is 11.4 Å². The van der Waals surface area contributed by atoms with Crippen molar-refractivity contribution in [2.24, 2.45) is 0 Å². The molecule has 4 nitrogen and oxygen atoms in total. The van der Waals surface area contributed by atoms with Crippen molar-refractivity contribution in [3.8, 4) is 0 Å². The Labute approximate surface area is 139 Å². The van der Waals surface area contributed by atoms with E-state index in [1.54, 1.807) is 18.2 Å². The lowest BCUT2D eigenvalue weighted by molar-refractivity contribution is -0.120. The van der Waals surface area contributed by atoms with Crippen molar-refractivity contribution in [1.29, 1.82) is 0 Å². The number of thiophene rings is 1. The minimum atomic E-state index is -0.387. The SMILES string of the molecule is Cc1ccc(C(=O)NCC(=O)NCc2cc(Br)ccc2F)s1. The summed E-state index contributed by atoms with van der Waals surface area (Å²) in [5, 5.41) is 5.10. The van der Waals surface area contributed by atoms with Gasteiger partial charge < -0.3 is 10.6 Å². The molecule has 0 radical (unpaired) electrons. The summed E-state index contributed by atoms with van der Waals surface area (Å²) in [5.74, 6) is -1.05. The van der Waals surface area contributed by atoms with Gasteiger partial charge in [0.2, 0.25) is 5.91 Å². The lowest BCUT2D eigenvalue weighted by atomic mass is 10.2. The molecule has 0 saturated heterocycles. The molecule has 0 aliphatic carbocycles. The summed E-state index contributed by atoms with van der Waals surface area (Å²) in [5.41, 5.74) is 0.378. The Kier molecular flexibility index (Phi) is 5.68. The van der Waals surface area contributed by atoms with Crippen LogP contribution in [0.5, 0.6) is 0 Å². The zero-order chi connectivity index (χ0) is 16.1. The Balaban J connectivity index is 1.81. The maximum atomic E-state index is 13.5. The lowest BCUT2D eigenvalue weighted by Gasteiger charge is -2.07. The molecule has 0 saturated carbocycles. The zero-order valence-corrected chi connectivity index (χ0v) is 14.2. The maximum Gasteiger partial charge on any atom is 0.261 e. The summed E-state index contributed by atoms with van der Waals surface area (Å²) in [6.45, 7) is 1.82. The van der Waals surface area contributed by atoms with Crippen LogP contribution in [0.2, 0.25) is 0 Å². The highest BCUT2D eigenvalue weighted by molar-refractivity contribution is 9.10. The highest BCUT2D eigenvalue weighted by Gasteiger charge is 2.10. The Hall–Kier alpha value is -1.73. The van der Waals surface area contributed by atoms with Crippen LogP contribution in [0.15, 0.2) is 34.8 Å². The highest BCUT2D eigenvalue weighted by atomic mass is 79.9. The molecule has 2 aromatic rings. The molecule has 2 rings (SSSR count). The molecular formula is C15H14BrFN2O2S. The average Bonchev–Trinajstić information content (AvgIpc) is 2.92. The predicted octanol–water partition coefficient (Wildman–Crippen LogP) is 3.00. The second kappa shape index (κ2) is 7.51. The molecule has 0 atom stereocenters. The fourth-order valence-corrected chi connectivity index (χ4v) is 2.93. The number of aryl methyl sites for hydroxylation is 1. The number of halogens is 2. The summed E-state index contributed by atoms with van der Waals surface area (Å²) in [4.78, 5) is 25.1. The van der Waals surface area contributed by atoms with Gasteiger partial charge in [0.1, 0.15) is 5.82 Å². The molecule has 2 N–H and O–H groups in total. The molecule has 0 aliphatic rings. The molecule has 0 fully saturated rings. The van der Waals surface area contributed by atoms with Gasteiger partial charge in [0, 0.05) is 21.5 Å². The number of hydrogen-bond acceptors (Lipinski definition) is 3. The van der Waals surface area contributed by atoms with Gasteiger partial charge in [-0.15, -0.1) is 11.3 Å². The van der Waals surface area contributed by atoms with Crippen LogP contribution < -0.4 is 10.6 Å². The zero-order valence-electron chi connectivity index (χ0n) is 11.8. The standard InChI is InChI=1S/C15H14BrFN2O2S/c1-9-2-5-13(22-9)15(21)19-8-14(20)18-7-10-6-11(16)3-4-12(10)17/h2-6H,7-8H2,1H3,(H,18,20)(H,19,21). The number of hydrogen-bond donors (Lipinski definition) is 2. The lowest BCUT2D eigenvalue weighted by Crippen LogP contribution is -2.36. The van der Waals surface area contributed by atoms with Gasteiger partial charge >= 0.3 is 0 Å². The quantitative estimate of drug-likeness (QED) is 0.832. The first kappa shape index (κ1) is 16.6. The van der Waals surface area contributed by atoms with Gasteiger partial charge in [-0.25, -0.2) is 4.39 Å². The number of carbonyl (C=O) groups excluding carboxylic acids is 2. The van der Waals surface area contributed by atoms with Crippen LogP contribution in [0.4, 0.5) is 4.39 Å². The topological polar surface area (TPSA) is 58.2 Å². The van der Waals surface area contributed by atoms with Crippen molar-refractivity contribution in [3.63, 3.8) is 0 Å². The van der Waals surface area contributed by atoms with E-state index in [1.807, 2.05) is 13.0 Å². The van der Waals surface area contributed by atoms with Gasteiger partial charge in [-0.3, -0.25) is 9.59 Å². The van der Waals surface area contributed by atoms with E-state index in [4.69, 9.17) is 0 Å². The van der Waals surface area contributed by atoms with Crippen molar-refractivity contribution in [2.45, 2.75) is 13.5 Å². The molecule has 1 aromatic carbocycles. The van der Waals surface area contributed by atoms with Crippen LogP contribution >= 0.6 is 27.3 Å². The van der Waals surface area contributed by atoms with Gasteiger partial charge in [-0.2, -0.15) is 0 Å². The third-order valence-electron chi connectivity index (χ3n) is 2.86. The normalized spacial score (nSPS) is 10.3. The molecule has 22 heavy (non-hydrogen) atoms. The molecule has 0 bridgehead atoms. The van der Waals surface area contributed by atoms with E-state index in [1.165, 1.54) is 17.4 Å². The Bertz CT molecular complexity index is 703. The predicted molar refractivity (Wildman–Crippen MR) is 87.3 cm³/mol. The molecule has 0 spiro atoms. The van der Waals surface area contributed by atoms with Gasteiger partial charge in [-0.1, -0.05) is 15.9 Å². The second-order valence-corrected chi connectivity index (χ2v) is 6.81. The molecule has 2 amide bonds. The van der Waals surface area contributed by atoms with E-state index < -0.39 is 0 Å². The van der Waals surface area contributed by atoms with Crippen LogP contribution in [-0.2, 0) is 11.3 Å². The average molecular weight is 385 g/mol. The summed E-state index contributed by atoms with van der Waals surface area (Å²) < 4.78 is 14.3. The molecule has 116 valence electrons. The Morgan fingerprint density at radius 3 is 2.68 bits per heavy atom. The third kappa shape index (κ3) is 4.64. The molecule has 7 heteroatoms. The first-order chi connectivity index (χ1) is 10.5. The van der Waals surface area contributed by atoms with Gasteiger partial charge in [0.15, 0.2) is 0 Å². The summed E-state index contributed by atoms with van der Waals surface area (Å²) >= 11 is 4.61. The fourth-order valence-electron chi connectivity index (χ4n) is 1.74. The first-order valence-electron chi connectivity index (χ1n) is 6.51. The van der Waals surface area contributed by atoms with E-state index in [9.17, 15) is 14.0 Å². The van der Waals surface area contributed by atoms with Crippen molar-refractivity contribution >= 4 is 39.1 Å². The van der Waals surface area contributed by atoms with E-state index in [2.05, 4.69) is 26.6 Å². The van der Waals surface area contributed by atoms with E-state index in [0.717, 1.165) is 9.35 Å². The van der Waals surface area contributed by atoms with Crippen LogP contribution in [0, 0.1) is 12.7 Å². The summed E-state index contributed by atoms with van der Waals surface area (Å²) in [6, 6.07) is 8.07. The Morgan fingerprint density at radius 1 is 1.23 bits per heavy atom. The first-order valence-corrected chi connectivity index (χ1v) is 8.12. The second-order valence-electron chi connectivity index (χ2n) is 4.61. The number of benzene rings is 1. The molecule has 1 aromatic heterocycles. The molecule has 1 heterocycles. The molecular weight excluding hydrogens is 371 g/mol. The highest BCUT2D eigenvalue weighted by Crippen LogP contribution is 2.15. The summed E-state index contributed by atoms with van der Waals surface area (Å²) in [6.07, 6.45) is 0. The minimum absolute atomic E-state index is 0.0675. The number of amides is 2. The van der Waals surface area contributed by atoms with Crippen molar-refractivity contribution < 1.29 is 14.0 Å². The van der Waals surface area contributed by atoms with Gasteiger partial charge in [-0.05, 0) is 37.3 Å². The molecule has 0 aliphatic heterocycles. The summed E-state index contributed by atoms with van der Waals surface area (Å²) in [7, 11) is 0. The monoisotopic (exact) mass is 384 g/mol. The number of rotatable bonds is 5. The number of carbonyl (C=O) groups is 2. The van der Waals surface area contributed by atoms with Crippen LogP contribution in [0.1, 0.15) is 20.1 Å². The van der Waals surface area contributed by atoms with Gasteiger partial charge in [0.25, 0.3) is 5.91 Å². The maximum absolute atomic E-state index is 13.5. The fraction of sp³-hybridized carbons (Fsp3) is 0.200. The van der Waals surface area contributed by atoms with E-state index in [-0.39, 0.29) is 30.7 Å².